The van der Waals surface area contributed by atoms with Crippen LogP contribution >= 0.6 is 0 Å². The molecule has 1 aliphatic heterocycles. The molecule has 7 rings (SSSR count). The lowest BCUT2D eigenvalue weighted by Crippen LogP contribution is -2.43. The molecule has 0 unspecified atom stereocenters. The molecule has 0 radical (unpaired) electrons. The first kappa shape index (κ1) is 29.3. The van der Waals surface area contributed by atoms with Crippen molar-refractivity contribution in [1.82, 2.24) is 14.9 Å². The number of nitro benzene ring substituents is 1. The molecule has 1 amide bonds. The van der Waals surface area contributed by atoms with Gasteiger partial charge in [0.2, 0.25) is 23.5 Å². The van der Waals surface area contributed by atoms with Gasteiger partial charge in [0.15, 0.2) is 11.2 Å². The third-order valence-electron chi connectivity index (χ3n) is 7.07. The van der Waals surface area contributed by atoms with Crippen LogP contribution < -0.4 is 11.1 Å². The number of hydrogen-bond acceptors (Lipinski definition) is 10. The summed E-state index contributed by atoms with van der Waals surface area (Å²) in [6, 6.07) is 23.8. The molecule has 4 aromatic carbocycles. The Morgan fingerprint density at radius 1 is 0.889 bits per heavy atom. The van der Waals surface area contributed by atoms with Crippen LogP contribution in [0, 0.1) is 15.9 Å². The Morgan fingerprint density at radius 2 is 1.47 bits per heavy atom. The van der Waals surface area contributed by atoms with Crippen LogP contribution in [0.3, 0.4) is 0 Å². The molecule has 228 valence electrons. The number of rotatable bonds is 6. The van der Waals surface area contributed by atoms with Crippen LogP contribution in [-0.2, 0) is 9.53 Å². The molecule has 12 nitrogen and oxygen atoms in total. The second kappa shape index (κ2) is 12.8. The zero-order valence-electron chi connectivity index (χ0n) is 23.8. The quantitative estimate of drug-likeness (QED) is 0.132. The predicted molar refractivity (Wildman–Crippen MR) is 166 cm³/mol. The van der Waals surface area contributed by atoms with Crippen LogP contribution in [0.2, 0.25) is 0 Å². The highest BCUT2D eigenvalue weighted by atomic mass is 19.1. The van der Waals surface area contributed by atoms with E-state index in [9.17, 15) is 19.3 Å². The monoisotopic (exact) mass is 610 g/mol. The first-order valence-electron chi connectivity index (χ1n) is 14.0. The highest BCUT2D eigenvalue weighted by Crippen LogP contribution is 2.30. The third-order valence-corrected chi connectivity index (χ3v) is 7.07. The van der Waals surface area contributed by atoms with Gasteiger partial charge in [-0.3, -0.25) is 14.9 Å². The number of nitrogen functional groups attached to an aromatic ring is 1. The van der Waals surface area contributed by atoms with Crippen LogP contribution in [0.4, 0.5) is 21.5 Å². The van der Waals surface area contributed by atoms with Gasteiger partial charge in [-0.2, -0.15) is 4.39 Å². The number of hydrogen-bond donors (Lipinski definition) is 2. The summed E-state index contributed by atoms with van der Waals surface area (Å²) in [7, 11) is 0. The summed E-state index contributed by atoms with van der Waals surface area (Å²) in [5.74, 6) is -0.0984. The van der Waals surface area contributed by atoms with Crippen molar-refractivity contribution in [2.75, 3.05) is 43.9 Å². The van der Waals surface area contributed by atoms with E-state index < -0.39 is 16.4 Å². The highest BCUT2D eigenvalue weighted by molar-refractivity contribution is 5.84. The van der Waals surface area contributed by atoms with E-state index >= 15 is 0 Å². The van der Waals surface area contributed by atoms with Gasteiger partial charge in [-0.1, -0.05) is 24.3 Å². The predicted octanol–water partition coefficient (Wildman–Crippen LogP) is 5.89. The fraction of sp³-hybridized carbons (Fsp3) is 0.156. The number of nitro groups is 1. The first-order chi connectivity index (χ1) is 21.9. The molecule has 0 aliphatic carbocycles. The fourth-order valence-corrected chi connectivity index (χ4v) is 4.73. The van der Waals surface area contributed by atoms with E-state index in [4.69, 9.17) is 19.3 Å². The molecule has 45 heavy (non-hydrogen) atoms. The molecule has 0 atom stereocenters. The standard InChI is InChI=1S/C19H20N4O3.C13H7FN2O3/c20-14-11-13(19-22-16-3-1-2-4-17(16)26-19)5-6-15(14)21-12-18(24)23-7-9-25-10-8-23;14-9-6-5-8(7-11(9)16(17)18)13-15-10-3-1-2-4-12(10)19-13/h1-6,11,21H,7-10,12,20H2;1-7H. The Morgan fingerprint density at radius 3 is 2.04 bits per heavy atom. The molecule has 1 saturated heterocycles. The average molecular weight is 611 g/mol. The lowest BCUT2D eigenvalue weighted by Gasteiger charge is -2.27. The Bertz CT molecular complexity index is 1940. The van der Waals surface area contributed by atoms with E-state index in [1.165, 1.54) is 6.07 Å². The zero-order chi connectivity index (χ0) is 31.3. The van der Waals surface area contributed by atoms with Crippen LogP contribution in [0.1, 0.15) is 0 Å². The Hall–Kier alpha value is -5.82. The second-order valence-electron chi connectivity index (χ2n) is 10.0. The average Bonchev–Trinajstić information content (AvgIpc) is 3.70. The molecule has 3 N–H and O–H groups in total. The van der Waals surface area contributed by atoms with Gasteiger partial charge in [0, 0.05) is 30.3 Å². The number of aromatic nitrogens is 2. The van der Waals surface area contributed by atoms with E-state index in [2.05, 4.69) is 15.3 Å². The van der Waals surface area contributed by atoms with E-state index in [-0.39, 0.29) is 18.3 Å². The Balaban J connectivity index is 0.000000167. The minimum absolute atomic E-state index is 0.0377. The zero-order valence-corrected chi connectivity index (χ0v) is 23.8. The number of nitrogens with zero attached hydrogens (tertiary/aromatic N) is 4. The number of carbonyl (C=O) groups is 1. The number of fused-ring (bicyclic) bond motifs is 2. The second-order valence-corrected chi connectivity index (χ2v) is 10.0. The number of halogens is 1. The van der Waals surface area contributed by atoms with Crippen molar-refractivity contribution in [3.8, 4) is 22.9 Å². The van der Waals surface area contributed by atoms with Crippen molar-refractivity contribution in [3.05, 3.63) is 101 Å². The maximum atomic E-state index is 13.2. The summed E-state index contributed by atoms with van der Waals surface area (Å²) < 4.78 is 29.7. The molecule has 3 heterocycles. The highest BCUT2D eigenvalue weighted by Gasteiger charge is 2.18. The van der Waals surface area contributed by atoms with Crippen molar-refractivity contribution in [1.29, 1.82) is 0 Å². The molecule has 2 aromatic heterocycles. The molecule has 0 bridgehead atoms. The van der Waals surface area contributed by atoms with Crippen LogP contribution in [-0.4, -0.2) is 58.5 Å². The molecular weight excluding hydrogens is 583 g/mol. The minimum atomic E-state index is -0.884. The molecule has 13 heteroatoms. The van der Waals surface area contributed by atoms with Gasteiger partial charge < -0.3 is 29.5 Å². The van der Waals surface area contributed by atoms with Gasteiger partial charge in [0.1, 0.15) is 11.0 Å². The van der Waals surface area contributed by atoms with Gasteiger partial charge in [-0.25, -0.2) is 9.97 Å². The maximum Gasteiger partial charge on any atom is 0.305 e. The number of nitrogens with one attached hydrogen (secondary N) is 1. The first-order valence-corrected chi connectivity index (χ1v) is 14.0. The summed E-state index contributed by atoms with van der Waals surface area (Å²) >= 11 is 0. The lowest BCUT2D eigenvalue weighted by atomic mass is 10.1. The van der Waals surface area contributed by atoms with Crippen LogP contribution in [0.5, 0.6) is 0 Å². The number of benzene rings is 4. The van der Waals surface area contributed by atoms with Crippen LogP contribution in [0.15, 0.2) is 93.8 Å². The third kappa shape index (κ3) is 6.58. The number of anilines is 2. The van der Waals surface area contributed by atoms with E-state index in [1.807, 2.05) is 42.5 Å². The number of amides is 1. The maximum absolute atomic E-state index is 13.2. The van der Waals surface area contributed by atoms with Crippen molar-refractivity contribution in [3.63, 3.8) is 0 Å². The smallest absolute Gasteiger partial charge is 0.305 e. The SMILES string of the molecule is Nc1cc(-c2nc3ccccc3o2)ccc1NCC(=O)N1CCOCC1.O=[N+]([O-])c1cc(-c2nc3ccccc3o2)ccc1F. The Kier molecular flexibility index (Phi) is 8.33. The number of para-hydroxylation sites is 4. The molecule has 1 aliphatic rings. The molecular formula is C32H27FN6O6. The Labute approximate surface area is 255 Å². The number of nitrogens with two attached hydrogens (primary N) is 1. The van der Waals surface area contributed by atoms with Gasteiger partial charge in [0.25, 0.3) is 0 Å². The van der Waals surface area contributed by atoms with E-state index in [0.29, 0.717) is 60.2 Å². The van der Waals surface area contributed by atoms with Gasteiger partial charge >= 0.3 is 5.69 Å². The molecule has 1 fully saturated rings. The summed E-state index contributed by atoms with van der Waals surface area (Å²) in [5, 5.41) is 13.8. The van der Waals surface area contributed by atoms with Crippen LogP contribution in [0.25, 0.3) is 45.1 Å². The largest absolute Gasteiger partial charge is 0.436 e. The number of ether oxygens (including phenoxy) is 1. The lowest BCUT2D eigenvalue weighted by molar-refractivity contribution is -0.387. The van der Waals surface area contributed by atoms with E-state index in [1.54, 1.807) is 29.2 Å². The van der Waals surface area contributed by atoms with Gasteiger partial charge in [-0.15, -0.1) is 0 Å². The fourth-order valence-electron chi connectivity index (χ4n) is 4.73. The summed E-state index contributed by atoms with van der Waals surface area (Å²) in [5.41, 5.74) is 10.7. The number of morpholine rings is 1. The number of oxazole rings is 2. The molecule has 0 spiro atoms. The van der Waals surface area contributed by atoms with E-state index in [0.717, 1.165) is 28.8 Å². The summed E-state index contributed by atoms with van der Waals surface area (Å²) in [6.07, 6.45) is 0. The summed E-state index contributed by atoms with van der Waals surface area (Å²) in [6.45, 7) is 2.64. The topological polar surface area (TPSA) is 163 Å². The number of carbonyl (C=O) groups excluding carboxylic acids is 1. The molecule has 6 aromatic rings. The van der Waals surface area contributed by atoms with Crippen molar-refractivity contribution < 1.29 is 27.7 Å². The van der Waals surface area contributed by atoms with Crippen molar-refractivity contribution >= 4 is 45.2 Å². The normalized spacial score (nSPS) is 13.0. The van der Waals surface area contributed by atoms with Crippen molar-refractivity contribution in [2.24, 2.45) is 0 Å². The van der Waals surface area contributed by atoms with Gasteiger partial charge in [-0.05, 0) is 54.6 Å². The minimum Gasteiger partial charge on any atom is -0.436 e. The summed E-state index contributed by atoms with van der Waals surface area (Å²) in [4.78, 5) is 32.6. The van der Waals surface area contributed by atoms with Crippen molar-refractivity contribution in [2.45, 2.75) is 0 Å². The van der Waals surface area contributed by atoms with Gasteiger partial charge in [0.05, 0.1) is 36.1 Å². The molecule has 0 saturated carbocycles.